The molecule has 3 atom stereocenters. The van der Waals surface area contributed by atoms with Crippen LogP contribution in [0.4, 0.5) is 0 Å². The third kappa shape index (κ3) is 3.74. The van der Waals surface area contributed by atoms with Gasteiger partial charge in [-0.2, -0.15) is 0 Å². The summed E-state index contributed by atoms with van der Waals surface area (Å²) < 4.78 is 17.1. The molecule has 0 saturated carbocycles. The summed E-state index contributed by atoms with van der Waals surface area (Å²) in [5, 5.41) is 0. The SMILES string of the molecule is CC1Oc2ccccc2OC1C(=O)N1CCCC(C(=O)N2CCOCC2)C1. The van der Waals surface area contributed by atoms with E-state index in [9.17, 15) is 9.59 Å². The lowest BCUT2D eigenvalue weighted by atomic mass is 9.95. The molecule has 3 heterocycles. The van der Waals surface area contributed by atoms with Gasteiger partial charge in [-0.05, 0) is 31.9 Å². The number of hydrogen-bond acceptors (Lipinski definition) is 5. The van der Waals surface area contributed by atoms with Crippen LogP contribution in [0.3, 0.4) is 0 Å². The van der Waals surface area contributed by atoms with Gasteiger partial charge < -0.3 is 24.0 Å². The average molecular weight is 374 g/mol. The largest absolute Gasteiger partial charge is 0.482 e. The quantitative estimate of drug-likeness (QED) is 0.781. The summed E-state index contributed by atoms with van der Waals surface area (Å²) in [5.41, 5.74) is 0. The number of likely N-dealkylation sites (tertiary alicyclic amines) is 1. The number of carbonyl (C=O) groups is 2. The lowest BCUT2D eigenvalue weighted by Gasteiger charge is -2.39. The van der Waals surface area contributed by atoms with Crippen molar-refractivity contribution in [3.05, 3.63) is 24.3 Å². The van der Waals surface area contributed by atoms with E-state index in [1.165, 1.54) is 0 Å². The first-order chi connectivity index (χ1) is 13.1. The Kier molecular flexibility index (Phi) is 5.20. The lowest BCUT2D eigenvalue weighted by Crippen LogP contribution is -2.55. The van der Waals surface area contributed by atoms with Gasteiger partial charge in [0.2, 0.25) is 12.0 Å². The minimum Gasteiger partial charge on any atom is -0.482 e. The highest BCUT2D eigenvalue weighted by Gasteiger charge is 2.39. The second-order valence-corrected chi connectivity index (χ2v) is 7.37. The van der Waals surface area contributed by atoms with E-state index in [0.717, 1.165) is 12.8 Å². The molecule has 0 aliphatic carbocycles. The molecule has 0 N–H and O–H groups in total. The number of carbonyl (C=O) groups excluding carboxylic acids is 2. The summed E-state index contributed by atoms with van der Waals surface area (Å²) in [6.45, 7) is 5.39. The highest BCUT2D eigenvalue weighted by atomic mass is 16.6. The number of morpholine rings is 1. The Labute approximate surface area is 159 Å². The van der Waals surface area contributed by atoms with Gasteiger partial charge in [0.05, 0.1) is 19.1 Å². The molecule has 3 aliphatic heterocycles. The predicted molar refractivity (Wildman–Crippen MR) is 97.7 cm³/mol. The van der Waals surface area contributed by atoms with Crippen LogP contribution in [0.15, 0.2) is 24.3 Å². The van der Waals surface area contributed by atoms with Gasteiger partial charge in [0, 0.05) is 26.2 Å². The molecule has 1 aromatic rings. The highest BCUT2D eigenvalue weighted by Crippen LogP contribution is 2.34. The molecule has 3 unspecified atom stereocenters. The first kappa shape index (κ1) is 18.1. The van der Waals surface area contributed by atoms with Crippen molar-refractivity contribution in [3.8, 4) is 11.5 Å². The van der Waals surface area contributed by atoms with Gasteiger partial charge in [-0.25, -0.2) is 0 Å². The van der Waals surface area contributed by atoms with Crippen molar-refractivity contribution in [1.29, 1.82) is 0 Å². The third-order valence-corrected chi connectivity index (χ3v) is 5.49. The molecule has 2 saturated heterocycles. The number of amides is 2. The molecule has 7 nitrogen and oxygen atoms in total. The van der Waals surface area contributed by atoms with Crippen LogP contribution in [0.5, 0.6) is 11.5 Å². The van der Waals surface area contributed by atoms with Crippen LogP contribution in [0, 0.1) is 5.92 Å². The van der Waals surface area contributed by atoms with Gasteiger partial charge >= 0.3 is 0 Å². The number of benzene rings is 1. The van der Waals surface area contributed by atoms with Crippen molar-refractivity contribution in [2.24, 2.45) is 5.92 Å². The maximum absolute atomic E-state index is 13.1. The normalized spacial score (nSPS) is 28.0. The van der Waals surface area contributed by atoms with E-state index in [-0.39, 0.29) is 23.8 Å². The summed E-state index contributed by atoms with van der Waals surface area (Å²) in [7, 11) is 0. The molecule has 1 aromatic carbocycles. The van der Waals surface area contributed by atoms with Crippen molar-refractivity contribution in [3.63, 3.8) is 0 Å². The van der Waals surface area contributed by atoms with E-state index in [2.05, 4.69) is 0 Å². The molecule has 0 spiro atoms. The lowest BCUT2D eigenvalue weighted by molar-refractivity contribution is -0.150. The number of fused-ring (bicyclic) bond motifs is 1. The van der Waals surface area contributed by atoms with Gasteiger partial charge in [0.15, 0.2) is 11.5 Å². The summed E-state index contributed by atoms with van der Waals surface area (Å²) in [5.74, 6) is 1.14. The summed E-state index contributed by atoms with van der Waals surface area (Å²) in [6, 6.07) is 7.38. The smallest absolute Gasteiger partial charge is 0.267 e. The maximum atomic E-state index is 13.1. The fraction of sp³-hybridized carbons (Fsp3) is 0.600. The summed E-state index contributed by atoms with van der Waals surface area (Å²) >= 11 is 0. The molecule has 3 aliphatic rings. The molecule has 0 aromatic heterocycles. The molecule has 0 bridgehead atoms. The van der Waals surface area contributed by atoms with Crippen LogP contribution in [0.2, 0.25) is 0 Å². The second-order valence-electron chi connectivity index (χ2n) is 7.37. The van der Waals surface area contributed by atoms with Crippen molar-refractivity contribution in [2.45, 2.75) is 32.0 Å². The van der Waals surface area contributed by atoms with Crippen LogP contribution in [-0.4, -0.2) is 73.2 Å². The van der Waals surface area contributed by atoms with Crippen molar-refractivity contribution >= 4 is 11.8 Å². The van der Waals surface area contributed by atoms with Crippen molar-refractivity contribution in [2.75, 3.05) is 39.4 Å². The van der Waals surface area contributed by atoms with Gasteiger partial charge in [0.25, 0.3) is 5.91 Å². The van der Waals surface area contributed by atoms with Crippen molar-refractivity contribution < 1.29 is 23.8 Å². The molecule has 0 radical (unpaired) electrons. The van der Waals surface area contributed by atoms with E-state index in [1.807, 2.05) is 36.1 Å². The minimum atomic E-state index is -0.683. The zero-order valence-corrected chi connectivity index (χ0v) is 15.6. The minimum absolute atomic E-state index is 0.100. The van der Waals surface area contributed by atoms with Gasteiger partial charge in [-0.15, -0.1) is 0 Å². The van der Waals surface area contributed by atoms with Crippen molar-refractivity contribution in [1.82, 2.24) is 9.80 Å². The molecule has 27 heavy (non-hydrogen) atoms. The first-order valence-corrected chi connectivity index (χ1v) is 9.71. The molecule has 2 amide bonds. The number of para-hydroxylation sites is 2. The highest BCUT2D eigenvalue weighted by molar-refractivity contribution is 5.84. The standard InChI is InChI=1S/C20H26N2O5/c1-14-18(27-17-7-3-2-6-16(17)26-14)20(24)22-8-4-5-15(13-22)19(23)21-9-11-25-12-10-21/h2-3,6-7,14-15,18H,4-5,8-13H2,1H3. The molecule has 7 heteroatoms. The van der Waals surface area contributed by atoms with Gasteiger partial charge in [-0.1, -0.05) is 12.1 Å². The topological polar surface area (TPSA) is 68.3 Å². The van der Waals surface area contributed by atoms with E-state index in [0.29, 0.717) is 50.9 Å². The first-order valence-electron chi connectivity index (χ1n) is 9.71. The van der Waals surface area contributed by atoms with Gasteiger partial charge in [0.1, 0.15) is 6.10 Å². The van der Waals surface area contributed by atoms with E-state index in [1.54, 1.807) is 4.90 Å². The van der Waals surface area contributed by atoms with Crippen LogP contribution < -0.4 is 9.47 Å². The van der Waals surface area contributed by atoms with E-state index in [4.69, 9.17) is 14.2 Å². The third-order valence-electron chi connectivity index (χ3n) is 5.49. The number of nitrogens with zero attached hydrogens (tertiary/aromatic N) is 2. The summed E-state index contributed by atoms with van der Waals surface area (Å²) in [6.07, 6.45) is 0.589. The number of piperidine rings is 1. The average Bonchev–Trinajstić information content (AvgIpc) is 2.73. The molecule has 4 rings (SSSR count). The maximum Gasteiger partial charge on any atom is 0.267 e. The second kappa shape index (κ2) is 7.76. The summed E-state index contributed by atoms with van der Waals surface area (Å²) in [4.78, 5) is 29.5. The molecular weight excluding hydrogens is 348 g/mol. The Bertz CT molecular complexity index is 703. The molecule has 146 valence electrons. The van der Waals surface area contributed by atoms with Gasteiger partial charge in [-0.3, -0.25) is 9.59 Å². The zero-order valence-electron chi connectivity index (χ0n) is 15.6. The van der Waals surface area contributed by atoms with Crippen LogP contribution in [0.1, 0.15) is 19.8 Å². The molecular formula is C20H26N2O5. The van der Waals surface area contributed by atoms with Crippen LogP contribution in [-0.2, 0) is 14.3 Å². The Balaban J connectivity index is 1.42. The van der Waals surface area contributed by atoms with E-state index >= 15 is 0 Å². The van der Waals surface area contributed by atoms with E-state index < -0.39 is 6.10 Å². The van der Waals surface area contributed by atoms with Crippen LogP contribution >= 0.6 is 0 Å². The zero-order chi connectivity index (χ0) is 18.8. The molecule has 2 fully saturated rings. The predicted octanol–water partition coefficient (Wildman–Crippen LogP) is 1.31. The Hall–Kier alpha value is -2.28. The number of ether oxygens (including phenoxy) is 3. The fourth-order valence-corrected chi connectivity index (χ4v) is 3.99. The Morgan fingerprint density at radius 2 is 1.67 bits per heavy atom. The monoisotopic (exact) mass is 374 g/mol. The number of rotatable bonds is 2. The Morgan fingerprint density at radius 1 is 0.963 bits per heavy atom. The fourth-order valence-electron chi connectivity index (χ4n) is 3.99. The number of hydrogen-bond donors (Lipinski definition) is 0. The Morgan fingerprint density at radius 3 is 2.41 bits per heavy atom. The van der Waals surface area contributed by atoms with Crippen LogP contribution in [0.25, 0.3) is 0 Å².